The normalized spacial score (nSPS) is 15.3. The van der Waals surface area contributed by atoms with E-state index >= 15 is 0 Å². The molecule has 2 N–H and O–H groups in total. The van der Waals surface area contributed by atoms with Gasteiger partial charge in [0.25, 0.3) is 0 Å². The van der Waals surface area contributed by atoms with Crippen LogP contribution in [-0.4, -0.2) is 12.9 Å². The average Bonchev–Trinajstić information content (AvgIpc) is 1.84. The minimum absolute atomic E-state index is 0.323. The Morgan fingerprint density at radius 3 is 2.22 bits per heavy atom. The number of allylic oxidation sites excluding steroid dienone is 1. The van der Waals surface area contributed by atoms with E-state index in [-0.39, 0.29) is 0 Å². The molecule has 0 aliphatic heterocycles. The molecule has 0 amide bonds. The van der Waals surface area contributed by atoms with E-state index in [1.807, 2.05) is 0 Å². The summed E-state index contributed by atoms with van der Waals surface area (Å²) in [5.41, 5.74) is 5.33. The zero-order chi connectivity index (χ0) is 7.44. The van der Waals surface area contributed by atoms with E-state index in [0.29, 0.717) is 15.8 Å². The van der Waals surface area contributed by atoms with Crippen LogP contribution in [0.2, 0.25) is 0 Å². The van der Waals surface area contributed by atoms with Gasteiger partial charge in [0.05, 0.1) is 5.03 Å². The monoisotopic (exact) mass is 164 g/mol. The van der Waals surface area contributed by atoms with Crippen LogP contribution < -0.4 is 5.73 Å². The molecule has 0 aromatic carbocycles. The fourth-order valence-electron chi connectivity index (χ4n) is 0.284. The van der Waals surface area contributed by atoms with Crippen molar-refractivity contribution in [2.75, 3.05) is 7.05 Å². The predicted octanol–water partition coefficient (Wildman–Crippen LogP) is 1.37. The SMILES string of the molecule is CN=C(N)/C(Cl)=C(\C)S. The lowest BCUT2D eigenvalue weighted by atomic mass is 10.5. The van der Waals surface area contributed by atoms with Crippen LogP contribution in [-0.2, 0) is 0 Å². The molecule has 0 bridgehead atoms. The summed E-state index contributed by atoms with van der Waals surface area (Å²) in [6, 6.07) is 0. The van der Waals surface area contributed by atoms with Crippen LogP contribution in [0.3, 0.4) is 0 Å². The van der Waals surface area contributed by atoms with Crippen LogP contribution in [0, 0.1) is 0 Å². The predicted molar refractivity (Wildman–Crippen MR) is 45.1 cm³/mol. The van der Waals surface area contributed by atoms with Crippen molar-refractivity contribution in [2.45, 2.75) is 6.92 Å². The average molecular weight is 165 g/mol. The molecule has 0 heterocycles. The summed E-state index contributed by atoms with van der Waals surface area (Å²) >= 11 is 9.59. The first-order valence-corrected chi connectivity index (χ1v) is 3.20. The Morgan fingerprint density at radius 1 is 1.67 bits per heavy atom. The van der Waals surface area contributed by atoms with E-state index < -0.39 is 0 Å². The molecule has 0 aliphatic rings. The van der Waals surface area contributed by atoms with Gasteiger partial charge in [-0.15, -0.1) is 12.6 Å². The molecule has 0 unspecified atom stereocenters. The van der Waals surface area contributed by atoms with Crippen LogP contribution >= 0.6 is 24.2 Å². The molecule has 0 rings (SSSR count). The molecule has 0 spiro atoms. The number of hydrogen-bond donors (Lipinski definition) is 2. The number of thiol groups is 1. The summed E-state index contributed by atoms with van der Waals surface area (Å²) in [7, 11) is 1.58. The van der Waals surface area contributed by atoms with Gasteiger partial charge < -0.3 is 5.73 Å². The van der Waals surface area contributed by atoms with Crippen molar-refractivity contribution in [3.63, 3.8) is 0 Å². The third-order valence-corrected chi connectivity index (χ3v) is 1.62. The summed E-state index contributed by atoms with van der Waals surface area (Å²) in [6.07, 6.45) is 0. The van der Waals surface area contributed by atoms with E-state index in [9.17, 15) is 0 Å². The molecule has 0 saturated carbocycles. The Balaban J connectivity index is 4.40. The number of hydrogen-bond acceptors (Lipinski definition) is 2. The standard InChI is InChI=1S/C5H9ClN2S/c1-3(9)4(6)5(7)8-2/h9H,1-2H3,(H2,7,8)/b4-3-. The highest BCUT2D eigenvalue weighted by atomic mass is 35.5. The first kappa shape index (κ1) is 8.85. The summed E-state index contributed by atoms with van der Waals surface area (Å²) in [5, 5.41) is 0.417. The van der Waals surface area contributed by atoms with Crippen LogP contribution in [0.5, 0.6) is 0 Å². The minimum Gasteiger partial charge on any atom is -0.383 e. The largest absolute Gasteiger partial charge is 0.383 e. The topological polar surface area (TPSA) is 38.4 Å². The highest BCUT2D eigenvalue weighted by Gasteiger charge is 1.98. The fraction of sp³-hybridized carbons (Fsp3) is 0.400. The van der Waals surface area contributed by atoms with Gasteiger partial charge in [-0.05, 0) is 6.92 Å². The Hall–Kier alpha value is -0.150. The lowest BCUT2D eigenvalue weighted by molar-refractivity contribution is 1.40. The van der Waals surface area contributed by atoms with Crippen molar-refractivity contribution in [1.82, 2.24) is 0 Å². The van der Waals surface area contributed by atoms with Gasteiger partial charge in [0.1, 0.15) is 5.84 Å². The molecule has 0 fully saturated rings. The molecule has 0 saturated heterocycles. The van der Waals surface area contributed by atoms with Crippen LogP contribution in [0.4, 0.5) is 0 Å². The lowest BCUT2D eigenvalue weighted by Gasteiger charge is -1.96. The number of halogens is 1. The van der Waals surface area contributed by atoms with E-state index in [0.717, 1.165) is 0 Å². The molecule has 2 nitrogen and oxygen atoms in total. The van der Waals surface area contributed by atoms with E-state index in [1.54, 1.807) is 14.0 Å². The van der Waals surface area contributed by atoms with Crippen molar-refractivity contribution in [1.29, 1.82) is 0 Å². The number of amidine groups is 1. The van der Waals surface area contributed by atoms with Gasteiger partial charge in [0.15, 0.2) is 0 Å². The number of nitrogens with two attached hydrogens (primary N) is 1. The number of aliphatic imine (C=N–C) groups is 1. The summed E-state index contributed by atoms with van der Waals surface area (Å²) in [5.74, 6) is 0.323. The molecule has 0 aromatic rings. The Bertz CT molecular complexity index is 158. The van der Waals surface area contributed by atoms with E-state index in [2.05, 4.69) is 17.6 Å². The molecule has 0 atom stereocenters. The van der Waals surface area contributed by atoms with Crippen molar-refractivity contribution >= 4 is 30.1 Å². The molecule has 9 heavy (non-hydrogen) atoms. The van der Waals surface area contributed by atoms with Crippen molar-refractivity contribution in [2.24, 2.45) is 10.7 Å². The Labute approximate surface area is 65.2 Å². The van der Waals surface area contributed by atoms with Gasteiger partial charge in [0.2, 0.25) is 0 Å². The molecule has 0 aromatic heterocycles. The Morgan fingerprint density at radius 2 is 2.11 bits per heavy atom. The fourth-order valence-corrected chi connectivity index (χ4v) is 0.483. The first-order valence-electron chi connectivity index (χ1n) is 2.37. The highest BCUT2D eigenvalue weighted by Crippen LogP contribution is 2.11. The highest BCUT2D eigenvalue weighted by molar-refractivity contribution is 7.84. The quantitative estimate of drug-likeness (QED) is 0.343. The Kier molecular flexibility index (Phi) is 3.73. The molecule has 0 aliphatic carbocycles. The number of nitrogens with zero attached hydrogens (tertiary/aromatic N) is 1. The maximum atomic E-state index is 5.61. The molecule has 4 heteroatoms. The van der Waals surface area contributed by atoms with E-state index in [4.69, 9.17) is 17.3 Å². The lowest BCUT2D eigenvalue weighted by Crippen LogP contribution is -2.11. The maximum Gasteiger partial charge on any atom is 0.137 e. The summed E-state index contributed by atoms with van der Waals surface area (Å²) < 4.78 is 0. The summed E-state index contributed by atoms with van der Waals surface area (Å²) in [6.45, 7) is 1.75. The van der Waals surface area contributed by atoms with Crippen LogP contribution in [0.15, 0.2) is 14.9 Å². The van der Waals surface area contributed by atoms with Gasteiger partial charge in [-0.3, -0.25) is 4.99 Å². The van der Waals surface area contributed by atoms with Gasteiger partial charge in [-0.2, -0.15) is 0 Å². The van der Waals surface area contributed by atoms with E-state index in [1.165, 1.54) is 0 Å². The zero-order valence-corrected chi connectivity index (χ0v) is 7.00. The second-order valence-corrected chi connectivity index (χ2v) is 2.56. The van der Waals surface area contributed by atoms with Crippen LogP contribution in [0.25, 0.3) is 0 Å². The van der Waals surface area contributed by atoms with Gasteiger partial charge in [0, 0.05) is 12.0 Å². The third kappa shape index (κ3) is 2.77. The number of rotatable bonds is 1. The van der Waals surface area contributed by atoms with Crippen molar-refractivity contribution < 1.29 is 0 Å². The molecule has 52 valence electrons. The van der Waals surface area contributed by atoms with Gasteiger partial charge in [-0.25, -0.2) is 0 Å². The minimum atomic E-state index is 0.323. The van der Waals surface area contributed by atoms with Gasteiger partial charge >= 0.3 is 0 Å². The molecular formula is C5H9ClN2S. The van der Waals surface area contributed by atoms with Crippen molar-refractivity contribution in [3.8, 4) is 0 Å². The second-order valence-electron chi connectivity index (χ2n) is 1.51. The molecular weight excluding hydrogens is 156 g/mol. The smallest absolute Gasteiger partial charge is 0.137 e. The van der Waals surface area contributed by atoms with Gasteiger partial charge in [-0.1, -0.05) is 11.6 Å². The zero-order valence-electron chi connectivity index (χ0n) is 5.35. The summed E-state index contributed by atoms with van der Waals surface area (Å²) in [4.78, 5) is 4.35. The molecule has 0 radical (unpaired) electrons. The maximum absolute atomic E-state index is 5.61. The van der Waals surface area contributed by atoms with Crippen LogP contribution in [0.1, 0.15) is 6.92 Å². The second kappa shape index (κ2) is 3.80. The third-order valence-electron chi connectivity index (χ3n) is 0.783. The van der Waals surface area contributed by atoms with Crippen molar-refractivity contribution in [3.05, 3.63) is 9.94 Å². The first-order chi connectivity index (χ1) is 4.09.